The van der Waals surface area contributed by atoms with Crippen molar-refractivity contribution in [2.75, 3.05) is 0 Å². The molecule has 1 saturated heterocycles. The molecule has 0 aromatic carbocycles. The minimum Gasteiger partial charge on any atom is -0.369 e. The van der Waals surface area contributed by atoms with Gasteiger partial charge in [-0.25, -0.2) is 0 Å². The number of ether oxygens (including phenoxy) is 1. The van der Waals surface area contributed by atoms with Crippen LogP contribution in [0.3, 0.4) is 0 Å². The molecular formula is C21H38O. The van der Waals surface area contributed by atoms with Gasteiger partial charge in [-0.1, -0.05) is 95.9 Å². The van der Waals surface area contributed by atoms with Crippen LogP contribution in [0.25, 0.3) is 0 Å². The van der Waals surface area contributed by atoms with E-state index in [4.69, 9.17) is 4.74 Å². The van der Waals surface area contributed by atoms with Gasteiger partial charge in [0.1, 0.15) is 0 Å². The third kappa shape index (κ3) is 11.1. The average molecular weight is 307 g/mol. The molecule has 128 valence electrons. The second-order valence-corrected chi connectivity index (χ2v) is 6.65. The van der Waals surface area contributed by atoms with E-state index in [2.05, 4.69) is 38.2 Å². The predicted octanol–water partition coefficient (Wildman–Crippen LogP) is 6.98. The number of epoxide rings is 1. The van der Waals surface area contributed by atoms with Gasteiger partial charge in [-0.05, 0) is 25.7 Å². The molecule has 2 atom stereocenters. The van der Waals surface area contributed by atoms with Crippen LogP contribution in [0.1, 0.15) is 97.3 Å². The zero-order valence-electron chi connectivity index (χ0n) is 15.1. The summed E-state index contributed by atoms with van der Waals surface area (Å²) in [5.41, 5.74) is 0. The van der Waals surface area contributed by atoms with Crippen molar-refractivity contribution >= 4 is 0 Å². The summed E-state index contributed by atoms with van der Waals surface area (Å²) in [5.74, 6) is 0. The molecule has 0 radical (unpaired) electrons. The molecule has 22 heavy (non-hydrogen) atoms. The van der Waals surface area contributed by atoms with Gasteiger partial charge in [-0.2, -0.15) is 0 Å². The molecule has 0 N–H and O–H groups in total. The lowest BCUT2D eigenvalue weighted by Gasteiger charge is -2.01. The van der Waals surface area contributed by atoms with Gasteiger partial charge in [0.15, 0.2) is 0 Å². The van der Waals surface area contributed by atoms with E-state index >= 15 is 0 Å². The highest BCUT2D eigenvalue weighted by Gasteiger charge is 2.36. The quantitative estimate of drug-likeness (QED) is 0.181. The van der Waals surface area contributed by atoms with Crippen LogP contribution in [0.5, 0.6) is 0 Å². The van der Waals surface area contributed by atoms with Crippen molar-refractivity contribution < 1.29 is 4.74 Å². The summed E-state index contributed by atoms with van der Waals surface area (Å²) in [7, 11) is 0. The van der Waals surface area contributed by atoms with E-state index in [9.17, 15) is 0 Å². The van der Waals surface area contributed by atoms with Crippen LogP contribution < -0.4 is 0 Å². The fourth-order valence-electron chi connectivity index (χ4n) is 2.96. The smallest absolute Gasteiger partial charge is 0.0876 e. The zero-order chi connectivity index (χ0) is 15.9. The Kier molecular flexibility index (Phi) is 12.5. The fourth-order valence-corrected chi connectivity index (χ4v) is 2.96. The zero-order valence-corrected chi connectivity index (χ0v) is 15.1. The Morgan fingerprint density at radius 3 is 2.00 bits per heavy atom. The van der Waals surface area contributed by atoms with Crippen LogP contribution in [0.4, 0.5) is 0 Å². The molecule has 0 aromatic heterocycles. The highest BCUT2D eigenvalue weighted by molar-refractivity contribution is 4.97. The van der Waals surface area contributed by atoms with Crippen LogP contribution in [0.2, 0.25) is 0 Å². The molecule has 1 rings (SSSR count). The molecule has 1 nitrogen and oxygen atoms in total. The van der Waals surface area contributed by atoms with Gasteiger partial charge in [0.25, 0.3) is 0 Å². The van der Waals surface area contributed by atoms with E-state index in [0.717, 1.165) is 19.3 Å². The highest BCUT2D eigenvalue weighted by atomic mass is 16.6. The maximum absolute atomic E-state index is 5.75. The third-order valence-corrected chi connectivity index (χ3v) is 4.49. The number of allylic oxidation sites excluding steroid dienone is 3. The van der Waals surface area contributed by atoms with E-state index in [1.54, 1.807) is 0 Å². The number of rotatable bonds is 15. The first-order chi connectivity index (χ1) is 10.9. The van der Waals surface area contributed by atoms with Gasteiger partial charge >= 0.3 is 0 Å². The molecule has 0 saturated carbocycles. The second-order valence-electron chi connectivity index (χ2n) is 6.65. The summed E-state index contributed by atoms with van der Waals surface area (Å²) in [6, 6.07) is 0. The van der Waals surface area contributed by atoms with Crippen molar-refractivity contribution in [3.63, 3.8) is 0 Å². The molecular weight excluding hydrogens is 268 g/mol. The molecule has 0 bridgehead atoms. The molecule has 1 heteroatoms. The summed E-state index contributed by atoms with van der Waals surface area (Å²) in [4.78, 5) is 0. The van der Waals surface area contributed by atoms with Gasteiger partial charge in [-0.3, -0.25) is 0 Å². The van der Waals surface area contributed by atoms with Crippen LogP contribution in [0, 0.1) is 0 Å². The molecule has 1 fully saturated rings. The van der Waals surface area contributed by atoms with E-state index in [1.807, 2.05) is 0 Å². The maximum atomic E-state index is 5.75. The summed E-state index contributed by atoms with van der Waals surface area (Å²) in [6.07, 6.45) is 27.5. The Balaban J connectivity index is 1.81. The first-order valence-corrected chi connectivity index (χ1v) is 9.84. The van der Waals surface area contributed by atoms with Crippen molar-refractivity contribution in [3.8, 4) is 0 Å². The summed E-state index contributed by atoms with van der Waals surface area (Å²) < 4.78 is 5.75. The molecule has 1 aliphatic heterocycles. The largest absolute Gasteiger partial charge is 0.369 e. The average Bonchev–Trinajstić information content (AvgIpc) is 3.27. The minimum absolute atomic E-state index is 0.528. The molecule has 0 aliphatic carbocycles. The Morgan fingerprint density at radius 1 is 0.682 bits per heavy atom. The van der Waals surface area contributed by atoms with Crippen LogP contribution >= 0.6 is 0 Å². The standard InChI is InChI=1S/C21H38O/c1-3-5-7-9-11-12-13-15-17-19-21-20(22-21)18-16-14-10-8-6-4-2/h6,8,14,16,20-21H,3-5,7,9-13,15,17-19H2,1-2H3/b8-6+,16-14+. The second kappa shape index (κ2) is 14.1. The molecule has 2 unspecified atom stereocenters. The Labute approximate surface area is 139 Å². The van der Waals surface area contributed by atoms with Crippen LogP contribution in [0.15, 0.2) is 24.3 Å². The van der Waals surface area contributed by atoms with Crippen molar-refractivity contribution in [1.29, 1.82) is 0 Å². The summed E-state index contributed by atoms with van der Waals surface area (Å²) >= 11 is 0. The van der Waals surface area contributed by atoms with E-state index in [0.29, 0.717) is 12.2 Å². The van der Waals surface area contributed by atoms with Gasteiger partial charge in [0.2, 0.25) is 0 Å². The topological polar surface area (TPSA) is 12.5 Å². The highest BCUT2D eigenvalue weighted by Crippen LogP contribution is 2.30. The van der Waals surface area contributed by atoms with Gasteiger partial charge < -0.3 is 4.74 Å². The summed E-state index contributed by atoms with van der Waals surface area (Å²) in [6.45, 7) is 4.46. The van der Waals surface area contributed by atoms with E-state index in [-0.39, 0.29) is 0 Å². The van der Waals surface area contributed by atoms with E-state index < -0.39 is 0 Å². The number of hydrogen-bond acceptors (Lipinski definition) is 1. The van der Waals surface area contributed by atoms with Crippen molar-refractivity contribution in [1.82, 2.24) is 0 Å². The van der Waals surface area contributed by atoms with Crippen molar-refractivity contribution in [2.45, 2.75) is 110 Å². The first kappa shape index (κ1) is 19.5. The fraction of sp³-hybridized carbons (Fsp3) is 0.810. The molecule has 0 amide bonds. The lowest BCUT2D eigenvalue weighted by atomic mass is 10.0. The maximum Gasteiger partial charge on any atom is 0.0876 e. The number of unbranched alkanes of at least 4 members (excludes halogenated alkanes) is 8. The van der Waals surface area contributed by atoms with Crippen molar-refractivity contribution in [2.24, 2.45) is 0 Å². The monoisotopic (exact) mass is 306 g/mol. The minimum atomic E-state index is 0.528. The van der Waals surface area contributed by atoms with Crippen LogP contribution in [-0.2, 0) is 4.74 Å². The SMILES string of the molecule is CC/C=C/C/C=C/CC1OC1CCCCCCCCCCC. The predicted molar refractivity (Wildman–Crippen MR) is 98.3 cm³/mol. The van der Waals surface area contributed by atoms with Gasteiger partial charge in [-0.15, -0.1) is 0 Å². The lowest BCUT2D eigenvalue weighted by Crippen LogP contribution is -1.93. The first-order valence-electron chi connectivity index (χ1n) is 9.84. The normalized spacial score (nSPS) is 21.2. The third-order valence-electron chi connectivity index (χ3n) is 4.49. The molecule has 1 aliphatic rings. The molecule has 1 heterocycles. The van der Waals surface area contributed by atoms with Crippen molar-refractivity contribution in [3.05, 3.63) is 24.3 Å². The van der Waals surface area contributed by atoms with E-state index in [1.165, 1.54) is 64.2 Å². The molecule has 0 aromatic rings. The lowest BCUT2D eigenvalue weighted by molar-refractivity contribution is 0.358. The molecule has 0 spiro atoms. The van der Waals surface area contributed by atoms with Crippen LogP contribution in [-0.4, -0.2) is 12.2 Å². The van der Waals surface area contributed by atoms with Gasteiger partial charge in [0.05, 0.1) is 12.2 Å². The Hall–Kier alpha value is -0.560. The Morgan fingerprint density at radius 2 is 1.32 bits per heavy atom. The van der Waals surface area contributed by atoms with Gasteiger partial charge in [0, 0.05) is 0 Å². The Bertz CT molecular complexity index is 292. The summed E-state index contributed by atoms with van der Waals surface area (Å²) in [5, 5.41) is 0. The number of hydrogen-bond donors (Lipinski definition) is 0.